The Bertz CT molecular complexity index is 515. The van der Waals surface area contributed by atoms with Gasteiger partial charge in [0.2, 0.25) is 0 Å². The summed E-state index contributed by atoms with van der Waals surface area (Å²) in [5, 5.41) is 14.5. The topological polar surface area (TPSA) is 87.7 Å². The van der Waals surface area contributed by atoms with Crippen LogP contribution in [0, 0.1) is 0 Å². The van der Waals surface area contributed by atoms with E-state index in [9.17, 15) is 14.7 Å². The number of nitrogens with one attached hydrogen (secondary N) is 2. The largest absolute Gasteiger partial charge is 0.396 e. The van der Waals surface area contributed by atoms with E-state index in [0.717, 1.165) is 25.0 Å². The van der Waals surface area contributed by atoms with Gasteiger partial charge in [0.15, 0.2) is 0 Å². The standard InChI is InChI=1S/C18H26N2O4/c21-11-9-15(14-5-2-1-3-6-14)8-10-19-17(22)18(23)20-13-16-7-4-12-24-16/h1-3,5-6,15-16,21H,4,7-13H2,(H,19,22)(H,20,23). The second-order valence-electron chi connectivity index (χ2n) is 6.01. The molecule has 3 N–H and O–H groups in total. The highest BCUT2D eigenvalue weighted by atomic mass is 16.5. The van der Waals surface area contributed by atoms with Crippen molar-refractivity contribution in [1.29, 1.82) is 0 Å². The number of hydrogen-bond acceptors (Lipinski definition) is 4. The summed E-state index contributed by atoms with van der Waals surface area (Å²) in [6, 6.07) is 9.88. The molecule has 1 aliphatic rings. The molecule has 2 unspecified atom stereocenters. The monoisotopic (exact) mass is 334 g/mol. The lowest BCUT2D eigenvalue weighted by molar-refractivity contribution is -0.139. The zero-order valence-electron chi connectivity index (χ0n) is 13.9. The third-order valence-corrected chi connectivity index (χ3v) is 4.25. The zero-order valence-corrected chi connectivity index (χ0v) is 13.9. The highest BCUT2D eigenvalue weighted by Gasteiger charge is 2.19. The van der Waals surface area contributed by atoms with Gasteiger partial charge in [0.25, 0.3) is 0 Å². The van der Waals surface area contributed by atoms with Crippen LogP contribution >= 0.6 is 0 Å². The van der Waals surface area contributed by atoms with Gasteiger partial charge in [-0.15, -0.1) is 0 Å². The number of benzene rings is 1. The zero-order chi connectivity index (χ0) is 17.2. The fraction of sp³-hybridized carbons (Fsp3) is 0.556. The van der Waals surface area contributed by atoms with E-state index in [4.69, 9.17) is 4.74 Å². The Morgan fingerprint density at radius 2 is 1.92 bits per heavy atom. The summed E-state index contributed by atoms with van der Waals surface area (Å²) in [4.78, 5) is 23.6. The molecule has 6 nitrogen and oxygen atoms in total. The molecule has 2 rings (SSSR count). The Labute approximate surface area is 142 Å². The summed E-state index contributed by atoms with van der Waals surface area (Å²) in [5.41, 5.74) is 1.13. The van der Waals surface area contributed by atoms with Crippen LogP contribution in [0.25, 0.3) is 0 Å². The van der Waals surface area contributed by atoms with Crippen molar-refractivity contribution in [3.8, 4) is 0 Å². The maximum absolute atomic E-state index is 11.8. The van der Waals surface area contributed by atoms with Crippen LogP contribution in [0.5, 0.6) is 0 Å². The van der Waals surface area contributed by atoms with E-state index in [1.54, 1.807) is 0 Å². The molecule has 24 heavy (non-hydrogen) atoms. The predicted molar refractivity (Wildman–Crippen MR) is 90.5 cm³/mol. The maximum Gasteiger partial charge on any atom is 0.309 e. The minimum absolute atomic E-state index is 0.0220. The third-order valence-electron chi connectivity index (χ3n) is 4.25. The quantitative estimate of drug-likeness (QED) is 0.618. The molecule has 1 aromatic carbocycles. The Kier molecular flexibility index (Phi) is 7.71. The number of amides is 2. The summed E-state index contributed by atoms with van der Waals surface area (Å²) in [5.74, 6) is -1.08. The fourth-order valence-electron chi connectivity index (χ4n) is 2.89. The molecule has 2 amide bonds. The van der Waals surface area contributed by atoms with Crippen LogP contribution in [0.2, 0.25) is 0 Å². The lowest BCUT2D eigenvalue weighted by Crippen LogP contribution is -2.43. The second kappa shape index (κ2) is 10.1. The summed E-state index contributed by atoms with van der Waals surface area (Å²) in [6.45, 7) is 1.59. The van der Waals surface area contributed by atoms with Gasteiger partial charge in [-0.3, -0.25) is 9.59 Å². The molecule has 0 radical (unpaired) electrons. The van der Waals surface area contributed by atoms with Crippen LogP contribution in [-0.4, -0.2) is 49.3 Å². The van der Waals surface area contributed by atoms with E-state index in [2.05, 4.69) is 10.6 Å². The molecule has 6 heteroatoms. The van der Waals surface area contributed by atoms with E-state index in [1.165, 1.54) is 0 Å². The van der Waals surface area contributed by atoms with E-state index in [-0.39, 0.29) is 18.6 Å². The minimum Gasteiger partial charge on any atom is -0.396 e. The van der Waals surface area contributed by atoms with Crippen molar-refractivity contribution in [3.05, 3.63) is 35.9 Å². The Balaban J connectivity index is 1.70. The molecular formula is C18H26N2O4. The molecule has 0 bridgehead atoms. The van der Waals surface area contributed by atoms with Crippen molar-refractivity contribution < 1.29 is 19.4 Å². The van der Waals surface area contributed by atoms with Crippen LogP contribution < -0.4 is 10.6 Å². The average Bonchev–Trinajstić information content (AvgIpc) is 3.13. The average molecular weight is 334 g/mol. The van der Waals surface area contributed by atoms with Crippen LogP contribution in [0.4, 0.5) is 0 Å². The molecule has 0 spiro atoms. The molecule has 1 saturated heterocycles. The Hall–Kier alpha value is -1.92. The second-order valence-corrected chi connectivity index (χ2v) is 6.01. The summed E-state index contributed by atoms with van der Waals surface area (Å²) >= 11 is 0. The number of carbonyl (C=O) groups is 2. The fourth-order valence-corrected chi connectivity index (χ4v) is 2.89. The van der Waals surface area contributed by atoms with Gasteiger partial charge in [-0.2, -0.15) is 0 Å². The van der Waals surface area contributed by atoms with Gasteiger partial charge in [-0.1, -0.05) is 30.3 Å². The molecule has 1 heterocycles. The molecule has 1 fully saturated rings. The van der Waals surface area contributed by atoms with Crippen LogP contribution in [0.15, 0.2) is 30.3 Å². The maximum atomic E-state index is 11.8. The van der Waals surface area contributed by atoms with Gasteiger partial charge >= 0.3 is 11.8 Å². The Morgan fingerprint density at radius 3 is 2.58 bits per heavy atom. The molecule has 132 valence electrons. The highest BCUT2D eigenvalue weighted by Crippen LogP contribution is 2.22. The van der Waals surface area contributed by atoms with Crippen LogP contribution in [0.3, 0.4) is 0 Å². The van der Waals surface area contributed by atoms with Crippen LogP contribution in [0.1, 0.15) is 37.2 Å². The van der Waals surface area contributed by atoms with Gasteiger partial charge in [0, 0.05) is 26.3 Å². The highest BCUT2D eigenvalue weighted by molar-refractivity contribution is 6.35. The van der Waals surface area contributed by atoms with Crippen molar-refractivity contribution in [2.75, 3.05) is 26.3 Å². The predicted octanol–water partition coefficient (Wildman–Crippen LogP) is 0.954. The summed E-state index contributed by atoms with van der Waals surface area (Å²) < 4.78 is 5.40. The SMILES string of the molecule is O=C(NCCC(CCO)c1ccccc1)C(=O)NCC1CCCO1. The first-order valence-corrected chi connectivity index (χ1v) is 8.54. The number of aliphatic hydroxyl groups excluding tert-OH is 1. The number of hydrogen-bond donors (Lipinski definition) is 3. The van der Waals surface area contributed by atoms with Gasteiger partial charge in [0.1, 0.15) is 0 Å². The number of rotatable bonds is 8. The van der Waals surface area contributed by atoms with E-state index < -0.39 is 11.8 Å². The van der Waals surface area contributed by atoms with Crippen molar-refractivity contribution in [1.82, 2.24) is 10.6 Å². The first kappa shape index (κ1) is 18.4. The minimum atomic E-state index is -0.621. The van der Waals surface area contributed by atoms with E-state index in [1.807, 2.05) is 30.3 Å². The normalized spacial score (nSPS) is 18.1. The molecule has 0 saturated carbocycles. The first-order valence-electron chi connectivity index (χ1n) is 8.54. The van der Waals surface area contributed by atoms with Crippen molar-refractivity contribution >= 4 is 11.8 Å². The molecular weight excluding hydrogens is 308 g/mol. The number of aliphatic hydroxyl groups is 1. The van der Waals surface area contributed by atoms with Crippen molar-refractivity contribution in [2.24, 2.45) is 0 Å². The summed E-state index contributed by atoms with van der Waals surface area (Å²) in [7, 11) is 0. The third kappa shape index (κ3) is 5.94. The van der Waals surface area contributed by atoms with Crippen LogP contribution in [-0.2, 0) is 14.3 Å². The van der Waals surface area contributed by atoms with Gasteiger partial charge in [0.05, 0.1) is 6.10 Å². The molecule has 0 aromatic heterocycles. The molecule has 0 aliphatic carbocycles. The number of ether oxygens (including phenoxy) is 1. The molecule has 2 atom stereocenters. The number of carbonyl (C=O) groups excluding carboxylic acids is 2. The van der Waals surface area contributed by atoms with Gasteiger partial charge in [-0.25, -0.2) is 0 Å². The molecule has 1 aromatic rings. The van der Waals surface area contributed by atoms with E-state index >= 15 is 0 Å². The van der Waals surface area contributed by atoms with Gasteiger partial charge < -0.3 is 20.5 Å². The lowest BCUT2D eigenvalue weighted by atomic mass is 9.93. The van der Waals surface area contributed by atoms with E-state index in [0.29, 0.717) is 25.9 Å². The van der Waals surface area contributed by atoms with Crippen molar-refractivity contribution in [2.45, 2.75) is 37.7 Å². The smallest absolute Gasteiger partial charge is 0.309 e. The lowest BCUT2D eigenvalue weighted by Gasteiger charge is -2.16. The van der Waals surface area contributed by atoms with Gasteiger partial charge in [-0.05, 0) is 37.2 Å². The first-order chi connectivity index (χ1) is 11.7. The van der Waals surface area contributed by atoms with Crippen molar-refractivity contribution in [3.63, 3.8) is 0 Å². The molecule has 1 aliphatic heterocycles. The summed E-state index contributed by atoms with van der Waals surface area (Å²) in [6.07, 6.45) is 3.24. The Morgan fingerprint density at radius 1 is 1.17 bits per heavy atom.